The molecule has 4 nitrogen and oxygen atoms in total. The van der Waals surface area contributed by atoms with Gasteiger partial charge >= 0.3 is 0 Å². The van der Waals surface area contributed by atoms with E-state index in [1.54, 1.807) is 19.1 Å². The third-order valence-electron chi connectivity index (χ3n) is 2.60. The molecule has 1 saturated heterocycles. The average molecular weight is 241 g/mol. The molecule has 0 bridgehead atoms. The summed E-state index contributed by atoms with van der Waals surface area (Å²) in [6, 6.07) is 5.31. The first kappa shape index (κ1) is 11.6. The van der Waals surface area contributed by atoms with Crippen LogP contribution in [0.15, 0.2) is 23.1 Å². The second-order valence-electron chi connectivity index (χ2n) is 3.99. The summed E-state index contributed by atoms with van der Waals surface area (Å²) in [6.45, 7) is 4.66. The Morgan fingerprint density at radius 2 is 2.06 bits per heavy atom. The molecule has 0 radical (unpaired) electrons. The molecule has 0 unspecified atom stereocenters. The van der Waals surface area contributed by atoms with E-state index in [0.717, 1.165) is 22.0 Å². The van der Waals surface area contributed by atoms with E-state index in [-0.39, 0.29) is 0 Å². The number of rotatable bonds is 2. The minimum Gasteiger partial charge on any atom is -0.284 e. The third kappa shape index (κ3) is 1.98. The van der Waals surface area contributed by atoms with Crippen LogP contribution < -0.4 is 0 Å². The van der Waals surface area contributed by atoms with Gasteiger partial charge in [-0.2, -0.15) is 0 Å². The van der Waals surface area contributed by atoms with Crippen molar-refractivity contribution in [2.24, 2.45) is 0 Å². The number of benzene rings is 1. The minimum absolute atomic E-state index is 0.333. The van der Waals surface area contributed by atoms with Gasteiger partial charge in [0.2, 0.25) is 0 Å². The Bertz CT molecular complexity index is 490. The number of hydrogen-bond donors (Lipinski definition) is 0. The van der Waals surface area contributed by atoms with Crippen LogP contribution in [0.25, 0.3) is 0 Å². The van der Waals surface area contributed by atoms with Gasteiger partial charge in [-0.3, -0.25) is 4.84 Å². The molecule has 16 heavy (non-hydrogen) atoms. The fourth-order valence-electron chi connectivity index (χ4n) is 1.81. The van der Waals surface area contributed by atoms with Gasteiger partial charge in [0.05, 0.1) is 11.5 Å². The lowest BCUT2D eigenvalue weighted by Gasteiger charge is -2.16. The monoisotopic (exact) mass is 241 g/mol. The van der Waals surface area contributed by atoms with Gasteiger partial charge in [0.15, 0.2) is 0 Å². The van der Waals surface area contributed by atoms with E-state index in [4.69, 9.17) is 4.84 Å². The summed E-state index contributed by atoms with van der Waals surface area (Å²) in [5, 5.41) is 0. The standard InChI is InChI=1S/C11H15NO3S/c1-9-4-5-11(10(2)8-9)16(13,14)12-6-3-7-15-12/h4-5,8H,3,6-7H2,1-2H3. The highest BCUT2D eigenvalue weighted by molar-refractivity contribution is 7.89. The van der Waals surface area contributed by atoms with Crippen molar-refractivity contribution in [1.29, 1.82) is 0 Å². The first-order chi connectivity index (χ1) is 7.51. The van der Waals surface area contributed by atoms with E-state index in [1.165, 1.54) is 0 Å². The quantitative estimate of drug-likeness (QED) is 0.790. The summed E-state index contributed by atoms with van der Waals surface area (Å²) in [5.41, 5.74) is 1.81. The van der Waals surface area contributed by atoms with Crippen LogP contribution in [0.5, 0.6) is 0 Å². The molecule has 0 amide bonds. The van der Waals surface area contributed by atoms with Crippen LogP contribution in [0, 0.1) is 13.8 Å². The van der Waals surface area contributed by atoms with E-state index >= 15 is 0 Å². The van der Waals surface area contributed by atoms with Crippen molar-refractivity contribution in [2.75, 3.05) is 13.2 Å². The third-order valence-corrected chi connectivity index (χ3v) is 4.43. The van der Waals surface area contributed by atoms with Crippen LogP contribution in [-0.4, -0.2) is 26.0 Å². The van der Waals surface area contributed by atoms with Crippen molar-refractivity contribution < 1.29 is 13.3 Å². The first-order valence-corrected chi connectivity index (χ1v) is 6.69. The van der Waals surface area contributed by atoms with E-state index in [2.05, 4.69) is 0 Å². The fourth-order valence-corrected chi connectivity index (χ4v) is 3.32. The zero-order valence-corrected chi connectivity index (χ0v) is 10.3. The molecule has 1 heterocycles. The van der Waals surface area contributed by atoms with Crippen molar-refractivity contribution in [1.82, 2.24) is 4.47 Å². The average Bonchev–Trinajstić information content (AvgIpc) is 2.69. The maximum absolute atomic E-state index is 12.2. The van der Waals surface area contributed by atoms with E-state index in [9.17, 15) is 8.42 Å². The molecule has 1 aliphatic rings. The molecule has 0 aliphatic carbocycles. The Labute approximate surface area is 95.8 Å². The molecule has 5 heteroatoms. The normalized spacial score (nSPS) is 17.9. The first-order valence-electron chi connectivity index (χ1n) is 5.25. The van der Waals surface area contributed by atoms with Gasteiger partial charge in [-0.25, -0.2) is 8.42 Å². The van der Waals surface area contributed by atoms with Crippen LogP contribution in [0.4, 0.5) is 0 Å². The lowest BCUT2D eigenvalue weighted by Crippen LogP contribution is -2.27. The van der Waals surface area contributed by atoms with Crippen molar-refractivity contribution in [2.45, 2.75) is 25.2 Å². The van der Waals surface area contributed by atoms with Gasteiger partial charge < -0.3 is 0 Å². The van der Waals surface area contributed by atoms with Gasteiger partial charge in [-0.1, -0.05) is 22.2 Å². The molecular formula is C11H15NO3S. The van der Waals surface area contributed by atoms with E-state index in [1.807, 2.05) is 13.0 Å². The van der Waals surface area contributed by atoms with Crippen molar-refractivity contribution in [3.05, 3.63) is 29.3 Å². The molecule has 0 N–H and O–H groups in total. The van der Waals surface area contributed by atoms with E-state index in [0.29, 0.717) is 18.0 Å². The SMILES string of the molecule is Cc1ccc(S(=O)(=O)N2CCCO2)c(C)c1. The van der Waals surface area contributed by atoms with Crippen LogP contribution >= 0.6 is 0 Å². The molecular weight excluding hydrogens is 226 g/mol. The molecule has 0 atom stereocenters. The minimum atomic E-state index is -3.48. The molecule has 1 aromatic carbocycles. The molecule has 88 valence electrons. The van der Waals surface area contributed by atoms with E-state index < -0.39 is 10.0 Å². The zero-order valence-electron chi connectivity index (χ0n) is 9.43. The second-order valence-corrected chi connectivity index (χ2v) is 5.78. The Balaban J connectivity index is 2.42. The van der Waals surface area contributed by atoms with Crippen LogP contribution in [0.1, 0.15) is 17.5 Å². The van der Waals surface area contributed by atoms with Crippen molar-refractivity contribution in [3.8, 4) is 0 Å². The Morgan fingerprint density at radius 1 is 1.31 bits per heavy atom. The number of aryl methyl sites for hydroxylation is 2. The lowest BCUT2D eigenvalue weighted by atomic mass is 10.2. The summed E-state index contributed by atoms with van der Waals surface area (Å²) in [5.74, 6) is 0. The summed E-state index contributed by atoms with van der Waals surface area (Å²) in [7, 11) is -3.48. The maximum Gasteiger partial charge on any atom is 0.265 e. The maximum atomic E-state index is 12.2. The summed E-state index contributed by atoms with van der Waals surface area (Å²) >= 11 is 0. The van der Waals surface area contributed by atoms with Gasteiger partial charge in [0.1, 0.15) is 0 Å². The van der Waals surface area contributed by atoms with Gasteiger partial charge in [0.25, 0.3) is 10.0 Å². The molecule has 1 aliphatic heterocycles. The van der Waals surface area contributed by atoms with Gasteiger partial charge in [-0.05, 0) is 31.9 Å². The highest BCUT2D eigenvalue weighted by Crippen LogP contribution is 2.23. The van der Waals surface area contributed by atoms with Crippen LogP contribution in [0.3, 0.4) is 0 Å². The predicted molar refractivity (Wildman–Crippen MR) is 60.4 cm³/mol. The molecule has 0 spiro atoms. The molecule has 0 saturated carbocycles. The van der Waals surface area contributed by atoms with Crippen molar-refractivity contribution >= 4 is 10.0 Å². The van der Waals surface area contributed by atoms with Crippen molar-refractivity contribution in [3.63, 3.8) is 0 Å². The molecule has 0 aromatic heterocycles. The van der Waals surface area contributed by atoms with Gasteiger partial charge in [-0.15, -0.1) is 0 Å². The topological polar surface area (TPSA) is 46.6 Å². The molecule has 1 fully saturated rings. The Hall–Kier alpha value is -0.910. The Morgan fingerprint density at radius 3 is 2.62 bits per heavy atom. The molecule has 2 rings (SSSR count). The largest absolute Gasteiger partial charge is 0.284 e. The number of hydrogen-bond acceptors (Lipinski definition) is 3. The lowest BCUT2D eigenvalue weighted by molar-refractivity contribution is -0.0284. The number of hydroxylamine groups is 1. The smallest absolute Gasteiger partial charge is 0.265 e. The van der Waals surface area contributed by atoms with Gasteiger partial charge in [0, 0.05) is 6.54 Å². The highest BCUT2D eigenvalue weighted by Gasteiger charge is 2.29. The second kappa shape index (κ2) is 4.16. The Kier molecular flexibility index (Phi) is 3.01. The highest BCUT2D eigenvalue weighted by atomic mass is 32.2. The summed E-state index contributed by atoms with van der Waals surface area (Å²) in [4.78, 5) is 5.44. The van der Waals surface area contributed by atoms with Crippen LogP contribution in [0.2, 0.25) is 0 Å². The number of nitrogens with zero attached hydrogens (tertiary/aromatic N) is 1. The fraction of sp³-hybridized carbons (Fsp3) is 0.455. The molecule has 1 aromatic rings. The van der Waals surface area contributed by atoms with Crippen LogP contribution in [-0.2, 0) is 14.9 Å². The summed E-state index contributed by atoms with van der Waals surface area (Å²) < 4.78 is 25.4. The summed E-state index contributed by atoms with van der Waals surface area (Å²) in [6.07, 6.45) is 0.754. The number of sulfonamides is 1. The predicted octanol–water partition coefficient (Wildman–Crippen LogP) is 1.63. The zero-order chi connectivity index (χ0) is 11.8.